The van der Waals surface area contributed by atoms with Gasteiger partial charge in [-0.25, -0.2) is 0 Å². The summed E-state index contributed by atoms with van der Waals surface area (Å²) in [4.78, 5) is 0. The van der Waals surface area contributed by atoms with Crippen molar-refractivity contribution >= 4 is 32.3 Å². The van der Waals surface area contributed by atoms with Gasteiger partial charge in [0, 0.05) is 8.91 Å². The van der Waals surface area contributed by atoms with Gasteiger partial charge in [0.1, 0.15) is 0 Å². The van der Waals surface area contributed by atoms with E-state index in [4.69, 9.17) is 0 Å². The normalized spacial score (nSPS) is 17.0. The van der Waals surface area contributed by atoms with E-state index in [-0.39, 0.29) is 10.9 Å². The summed E-state index contributed by atoms with van der Waals surface area (Å²) in [7, 11) is -0.130. The van der Waals surface area contributed by atoms with Crippen LogP contribution in [0.4, 0.5) is 0 Å². The van der Waals surface area contributed by atoms with Gasteiger partial charge in [-0.3, -0.25) is 0 Å². The molecule has 0 saturated heterocycles. The predicted octanol–water partition coefficient (Wildman–Crippen LogP) is 4.30. The van der Waals surface area contributed by atoms with Gasteiger partial charge in [0.15, 0.2) is 0 Å². The molecular formula is C12H10S2. The molecule has 1 aliphatic heterocycles. The van der Waals surface area contributed by atoms with E-state index in [2.05, 4.69) is 53.3 Å². The van der Waals surface area contributed by atoms with Crippen molar-refractivity contribution in [2.24, 2.45) is 0 Å². The van der Waals surface area contributed by atoms with E-state index in [0.717, 1.165) is 0 Å². The molecule has 2 heteroatoms. The Labute approximate surface area is 89.9 Å². The maximum Gasteiger partial charge on any atom is 0.0485 e. The van der Waals surface area contributed by atoms with Crippen molar-refractivity contribution < 1.29 is 0 Å². The molecule has 0 amide bonds. The Morgan fingerprint density at radius 2 is 1.79 bits per heavy atom. The first-order valence-corrected chi connectivity index (χ1v) is 6.85. The van der Waals surface area contributed by atoms with Gasteiger partial charge in [0.05, 0.1) is 0 Å². The lowest BCUT2D eigenvalue weighted by molar-refractivity contribution is 1.76. The molecule has 0 nitrogen and oxygen atoms in total. The molecule has 0 aliphatic carbocycles. The summed E-state index contributed by atoms with van der Waals surface area (Å²) in [6.07, 6.45) is 4.30. The molecule has 1 aliphatic rings. The van der Waals surface area contributed by atoms with E-state index in [1.165, 1.54) is 14.3 Å². The highest BCUT2D eigenvalue weighted by atomic mass is 32.2. The summed E-state index contributed by atoms with van der Waals surface area (Å²) >= 11 is 1.92. The monoisotopic (exact) mass is 218 g/mol. The van der Waals surface area contributed by atoms with Crippen LogP contribution in [0, 0.1) is 0 Å². The summed E-state index contributed by atoms with van der Waals surface area (Å²) in [5.74, 6) is 0. The van der Waals surface area contributed by atoms with Crippen molar-refractivity contribution in [3.05, 3.63) is 53.3 Å². The van der Waals surface area contributed by atoms with E-state index in [9.17, 15) is 0 Å². The van der Waals surface area contributed by atoms with Crippen LogP contribution in [-0.4, -0.2) is 0 Å². The second-order valence-corrected chi connectivity index (χ2v) is 6.49. The smallest absolute Gasteiger partial charge is 0.0485 e. The highest BCUT2D eigenvalue weighted by Crippen LogP contribution is 2.47. The first-order chi connectivity index (χ1) is 6.93. The van der Waals surface area contributed by atoms with Crippen LogP contribution in [-0.2, 0) is 0 Å². The molecule has 0 N–H and O–H groups in total. The van der Waals surface area contributed by atoms with Crippen LogP contribution in [0.3, 0.4) is 0 Å². The van der Waals surface area contributed by atoms with E-state index < -0.39 is 0 Å². The average molecular weight is 218 g/mol. The minimum atomic E-state index is -0.130. The minimum Gasteiger partial charge on any atom is -0.177 e. The van der Waals surface area contributed by atoms with Crippen molar-refractivity contribution in [3.8, 4) is 0 Å². The Hall–Kier alpha value is -0.990. The zero-order valence-electron chi connectivity index (χ0n) is 7.55. The van der Waals surface area contributed by atoms with Crippen molar-refractivity contribution in [2.45, 2.75) is 4.21 Å². The maximum absolute atomic E-state index is 2.33. The van der Waals surface area contributed by atoms with Crippen LogP contribution in [0.5, 0.6) is 0 Å². The topological polar surface area (TPSA) is 0 Å². The molecule has 0 bridgehead atoms. The van der Waals surface area contributed by atoms with Gasteiger partial charge in [-0.1, -0.05) is 30.4 Å². The fourth-order valence-corrected chi connectivity index (χ4v) is 4.71. The molecule has 2 aromatic rings. The molecule has 3 rings (SSSR count). The lowest BCUT2D eigenvalue weighted by Gasteiger charge is -2.04. The Bertz CT molecular complexity index is 475. The molecule has 1 aromatic carbocycles. The number of rotatable bonds is 1. The van der Waals surface area contributed by atoms with E-state index >= 15 is 0 Å². The fourth-order valence-electron chi connectivity index (χ4n) is 1.58. The summed E-state index contributed by atoms with van der Waals surface area (Å²) in [6.45, 7) is 0. The molecule has 0 atom stereocenters. The summed E-state index contributed by atoms with van der Waals surface area (Å²) in [6, 6.07) is 10.9. The predicted molar refractivity (Wildman–Crippen MR) is 67.4 cm³/mol. The zero-order chi connectivity index (χ0) is 9.38. The van der Waals surface area contributed by atoms with E-state index in [1.807, 2.05) is 11.3 Å². The highest BCUT2D eigenvalue weighted by molar-refractivity contribution is 8.23. The molecule has 0 unspecified atom stereocenters. The van der Waals surface area contributed by atoms with Crippen LogP contribution in [0.2, 0.25) is 0 Å². The lowest BCUT2D eigenvalue weighted by Crippen LogP contribution is -1.62. The van der Waals surface area contributed by atoms with Gasteiger partial charge >= 0.3 is 0 Å². The Morgan fingerprint density at radius 1 is 1.00 bits per heavy atom. The lowest BCUT2D eigenvalue weighted by atomic mass is 10.3. The van der Waals surface area contributed by atoms with Crippen molar-refractivity contribution in [2.75, 3.05) is 0 Å². The van der Waals surface area contributed by atoms with Gasteiger partial charge in [-0.2, -0.15) is 10.9 Å². The number of thiol groups is 1. The molecule has 0 spiro atoms. The van der Waals surface area contributed by atoms with Crippen LogP contribution >= 0.6 is 22.2 Å². The summed E-state index contributed by atoms with van der Waals surface area (Å²) in [5.41, 5.74) is 0. The second kappa shape index (κ2) is 3.30. The van der Waals surface area contributed by atoms with Crippen LogP contribution in [0.25, 0.3) is 10.1 Å². The third kappa shape index (κ3) is 1.31. The van der Waals surface area contributed by atoms with E-state index in [1.54, 1.807) is 0 Å². The van der Waals surface area contributed by atoms with Crippen LogP contribution in [0.1, 0.15) is 0 Å². The third-order valence-corrected chi connectivity index (χ3v) is 5.72. The number of hydrogen-bond donors (Lipinski definition) is 1. The SMILES string of the molecule is C1=C[SH](c2cc3ccccc3s2)C=C1. The van der Waals surface area contributed by atoms with Gasteiger partial charge in [0.2, 0.25) is 0 Å². The van der Waals surface area contributed by atoms with Crippen LogP contribution in [0.15, 0.2) is 57.5 Å². The number of thiophene rings is 1. The van der Waals surface area contributed by atoms with Gasteiger partial charge in [-0.05, 0) is 28.3 Å². The Morgan fingerprint density at radius 3 is 2.57 bits per heavy atom. The Kier molecular flexibility index (Phi) is 1.96. The van der Waals surface area contributed by atoms with Gasteiger partial charge < -0.3 is 0 Å². The first-order valence-electron chi connectivity index (χ1n) is 4.55. The van der Waals surface area contributed by atoms with Crippen molar-refractivity contribution in [1.29, 1.82) is 0 Å². The molecule has 0 saturated carbocycles. The zero-order valence-corrected chi connectivity index (χ0v) is 9.26. The van der Waals surface area contributed by atoms with Gasteiger partial charge in [0.25, 0.3) is 0 Å². The van der Waals surface area contributed by atoms with Crippen molar-refractivity contribution in [3.63, 3.8) is 0 Å². The maximum atomic E-state index is 2.33. The summed E-state index contributed by atoms with van der Waals surface area (Å²) < 4.78 is 2.91. The van der Waals surface area contributed by atoms with E-state index in [0.29, 0.717) is 0 Å². The average Bonchev–Trinajstić information content (AvgIpc) is 2.86. The number of hydrogen-bond acceptors (Lipinski definition) is 1. The standard InChI is InChI=1S/C12H10S2/c1-2-6-11-10(5-1)9-12(13-11)14-7-3-4-8-14/h1-9,14H. The molecule has 0 radical (unpaired) electrons. The Balaban J connectivity index is 2.14. The quantitative estimate of drug-likeness (QED) is 0.678. The largest absolute Gasteiger partial charge is 0.177 e. The number of allylic oxidation sites excluding steroid dienone is 2. The molecule has 14 heavy (non-hydrogen) atoms. The number of benzene rings is 1. The van der Waals surface area contributed by atoms with Gasteiger partial charge in [-0.15, -0.1) is 11.3 Å². The molecular weight excluding hydrogens is 208 g/mol. The second-order valence-electron chi connectivity index (χ2n) is 3.21. The minimum absolute atomic E-state index is 0.130. The third-order valence-electron chi connectivity index (χ3n) is 2.27. The molecule has 1 aromatic heterocycles. The van der Waals surface area contributed by atoms with Crippen LogP contribution < -0.4 is 0 Å². The first kappa shape index (κ1) is 8.33. The highest BCUT2D eigenvalue weighted by Gasteiger charge is 2.06. The van der Waals surface area contributed by atoms with Crippen molar-refractivity contribution in [1.82, 2.24) is 0 Å². The molecule has 70 valence electrons. The molecule has 0 fully saturated rings. The summed E-state index contributed by atoms with van der Waals surface area (Å²) in [5, 5.41) is 5.99. The number of fused-ring (bicyclic) bond motifs is 1. The molecule has 2 heterocycles. The fraction of sp³-hybridized carbons (Fsp3) is 0.